The molecule has 1 atom stereocenters. The van der Waals surface area contributed by atoms with Crippen LogP contribution in [0.2, 0.25) is 0 Å². The van der Waals surface area contributed by atoms with E-state index < -0.39 is 12.0 Å². The molecule has 0 amide bonds. The van der Waals surface area contributed by atoms with Gasteiger partial charge in [0.2, 0.25) is 0 Å². The van der Waals surface area contributed by atoms with Gasteiger partial charge in [0.15, 0.2) is 0 Å². The van der Waals surface area contributed by atoms with Crippen LogP contribution >= 0.6 is 15.9 Å². The van der Waals surface area contributed by atoms with Crippen molar-refractivity contribution >= 4 is 21.9 Å². The zero-order valence-electron chi connectivity index (χ0n) is 7.86. The van der Waals surface area contributed by atoms with Crippen molar-refractivity contribution in [1.29, 1.82) is 0 Å². The minimum absolute atomic E-state index is 0.230. The lowest BCUT2D eigenvalue weighted by Gasteiger charge is -2.12. The van der Waals surface area contributed by atoms with E-state index in [1.165, 1.54) is 17.7 Å². The van der Waals surface area contributed by atoms with Gasteiger partial charge in [0, 0.05) is 16.7 Å². The van der Waals surface area contributed by atoms with Gasteiger partial charge in [0.05, 0.1) is 7.11 Å². The van der Waals surface area contributed by atoms with Gasteiger partial charge in [0.1, 0.15) is 6.04 Å². The minimum Gasteiger partial charge on any atom is -0.467 e. The standard InChI is InChI=1S/C9H10BrNO3/c1-6(9(13)14-2)11-5-7(10)3-4-8(11)12/h3-6H,1-2H3. The molecule has 0 aliphatic carbocycles. The van der Waals surface area contributed by atoms with Crippen molar-refractivity contribution in [3.05, 3.63) is 33.2 Å². The Morgan fingerprint density at radius 2 is 2.21 bits per heavy atom. The zero-order valence-corrected chi connectivity index (χ0v) is 9.45. The number of carbonyl (C=O) groups excluding carboxylic acids is 1. The molecule has 0 saturated heterocycles. The second-order valence-corrected chi connectivity index (χ2v) is 3.71. The molecule has 14 heavy (non-hydrogen) atoms. The van der Waals surface area contributed by atoms with Gasteiger partial charge < -0.3 is 9.30 Å². The molecule has 0 aromatic carbocycles. The average molecular weight is 260 g/mol. The third-order valence-electron chi connectivity index (χ3n) is 1.86. The lowest BCUT2D eigenvalue weighted by Crippen LogP contribution is -2.27. The number of carbonyl (C=O) groups is 1. The Labute approximate surface area is 89.6 Å². The molecular weight excluding hydrogens is 250 g/mol. The normalized spacial score (nSPS) is 12.2. The summed E-state index contributed by atoms with van der Waals surface area (Å²) in [5.41, 5.74) is -0.230. The van der Waals surface area contributed by atoms with Gasteiger partial charge in [-0.3, -0.25) is 4.79 Å². The molecule has 4 nitrogen and oxygen atoms in total. The van der Waals surface area contributed by atoms with Crippen molar-refractivity contribution in [1.82, 2.24) is 4.57 Å². The first-order chi connectivity index (χ1) is 6.56. The molecule has 1 aromatic heterocycles. The van der Waals surface area contributed by atoms with Crippen molar-refractivity contribution in [2.75, 3.05) is 7.11 Å². The van der Waals surface area contributed by atoms with Crippen LogP contribution in [0, 0.1) is 0 Å². The molecule has 0 radical (unpaired) electrons. The van der Waals surface area contributed by atoms with Crippen LogP contribution < -0.4 is 5.56 Å². The lowest BCUT2D eigenvalue weighted by molar-refractivity contribution is -0.144. The Balaban J connectivity index is 3.12. The van der Waals surface area contributed by atoms with Gasteiger partial charge in [-0.1, -0.05) is 0 Å². The highest BCUT2D eigenvalue weighted by atomic mass is 79.9. The summed E-state index contributed by atoms with van der Waals surface area (Å²) < 4.78 is 6.61. The molecule has 0 bridgehead atoms. The van der Waals surface area contributed by atoms with Crippen LogP contribution in [0.5, 0.6) is 0 Å². The number of hydrogen-bond acceptors (Lipinski definition) is 3. The minimum atomic E-state index is -0.606. The summed E-state index contributed by atoms with van der Waals surface area (Å²) in [6.45, 7) is 1.61. The molecule has 0 aliphatic rings. The van der Waals surface area contributed by atoms with Gasteiger partial charge in [-0.15, -0.1) is 0 Å². The van der Waals surface area contributed by atoms with Crippen LogP contribution in [0.25, 0.3) is 0 Å². The highest BCUT2D eigenvalue weighted by molar-refractivity contribution is 9.10. The van der Waals surface area contributed by atoms with Gasteiger partial charge >= 0.3 is 5.97 Å². The Bertz CT molecular complexity index is 399. The summed E-state index contributed by atoms with van der Waals surface area (Å²) in [5.74, 6) is -0.440. The highest BCUT2D eigenvalue weighted by Gasteiger charge is 2.15. The van der Waals surface area contributed by atoms with Crippen molar-refractivity contribution < 1.29 is 9.53 Å². The lowest BCUT2D eigenvalue weighted by atomic mass is 10.3. The van der Waals surface area contributed by atoms with E-state index in [4.69, 9.17) is 0 Å². The van der Waals surface area contributed by atoms with Crippen molar-refractivity contribution in [3.63, 3.8) is 0 Å². The van der Waals surface area contributed by atoms with Gasteiger partial charge in [0.25, 0.3) is 5.56 Å². The van der Waals surface area contributed by atoms with Crippen LogP contribution in [-0.4, -0.2) is 17.6 Å². The topological polar surface area (TPSA) is 48.3 Å². The number of esters is 1. The Morgan fingerprint density at radius 3 is 2.79 bits per heavy atom. The molecule has 0 spiro atoms. The number of nitrogens with zero attached hydrogens (tertiary/aromatic N) is 1. The summed E-state index contributed by atoms with van der Waals surface area (Å²) in [6, 6.07) is 2.41. The summed E-state index contributed by atoms with van der Waals surface area (Å²) >= 11 is 3.22. The Kier molecular flexibility index (Phi) is 3.46. The van der Waals surface area contributed by atoms with Crippen LogP contribution in [0.3, 0.4) is 0 Å². The first kappa shape index (κ1) is 11.0. The molecule has 5 heteroatoms. The summed E-state index contributed by atoms with van der Waals surface area (Å²) in [5, 5.41) is 0. The van der Waals surface area contributed by atoms with Gasteiger partial charge in [-0.05, 0) is 28.9 Å². The van der Waals surface area contributed by atoms with E-state index in [1.54, 1.807) is 19.2 Å². The van der Waals surface area contributed by atoms with E-state index in [2.05, 4.69) is 20.7 Å². The van der Waals surface area contributed by atoms with E-state index in [9.17, 15) is 9.59 Å². The molecule has 1 rings (SSSR count). The van der Waals surface area contributed by atoms with Crippen LogP contribution in [-0.2, 0) is 9.53 Å². The van der Waals surface area contributed by atoms with E-state index in [0.717, 1.165) is 4.47 Å². The first-order valence-corrected chi connectivity index (χ1v) is 4.81. The van der Waals surface area contributed by atoms with Gasteiger partial charge in [-0.25, -0.2) is 4.79 Å². The van der Waals surface area contributed by atoms with E-state index in [1.807, 2.05) is 0 Å². The number of aromatic nitrogens is 1. The molecule has 1 unspecified atom stereocenters. The quantitative estimate of drug-likeness (QED) is 0.754. The zero-order chi connectivity index (χ0) is 10.7. The summed E-state index contributed by atoms with van der Waals surface area (Å²) in [7, 11) is 1.29. The summed E-state index contributed by atoms with van der Waals surface area (Å²) in [6.07, 6.45) is 1.56. The van der Waals surface area contributed by atoms with Crippen LogP contribution in [0.4, 0.5) is 0 Å². The number of rotatable bonds is 2. The fraction of sp³-hybridized carbons (Fsp3) is 0.333. The number of ether oxygens (including phenoxy) is 1. The van der Waals surface area contributed by atoms with Gasteiger partial charge in [-0.2, -0.15) is 0 Å². The van der Waals surface area contributed by atoms with Crippen LogP contribution in [0.15, 0.2) is 27.6 Å². The number of methoxy groups -OCH3 is 1. The maximum absolute atomic E-state index is 11.4. The second-order valence-electron chi connectivity index (χ2n) is 2.79. The maximum Gasteiger partial charge on any atom is 0.328 e. The molecule has 0 aliphatic heterocycles. The Morgan fingerprint density at radius 1 is 1.57 bits per heavy atom. The SMILES string of the molecule is COC(=O)C(C)n1cc(Br)ccc1=O. The predicted molar refractivity (Wildman–Crippen MR) is 55.1 cm³/mol. The second kappa shape index (κ2) is 4.41. The Hall–Kier alpha value is -1.10. The predicted octanol–water partition coefficient (Wildman–Crippen LogP) is 1.34. The fourth-order valence-electron chi connectivity index (χ4n) is 1.06. The molecule has 0 saturated carbocycles. The monoisotopic (exact) mass is 259 g/mol. The van der Waals surface area contributed by atoms with E-state index >= 15 is 0 Å². The van der Waals surface area contributed by atoms with Crippen molar-refractivity contribution in [2.45, 2.75) is 13.0 Å². The number of halogens is 1. The van der Waals surface area contributed by atoms with Crippen LogP contribution in [0.1, 0.15) is 13.0 Å². The maximum atomic E-state index is 11.4. The fourth-order valence-corrected chi connectivity index (χ4v) is 1.42. The molecule has 0 fully saturated rings. The van der Waals surface area contributed by atoms with Crippen molar-refractivity contribution in [3.8, 4) is 0 Å². The third kappa shape index (κ3) is 2.23. The first-order valence-electron chi connectivity index (χ1n) is 4.01. The molecule has 1 aromatic rings. The molecule has 1 heterocycles. The number of pyridine rings is 1. The number of hydrogen-bond donors (Lipinski definition) is 0. The largest absolute Gasteiger partial charge is 0.467 e. The summed E-state index contributed by atoms with van der Waals surface area (Å²) in [4.78, 5) is 22.5. The highest BCUT2D eigenvalue weighted by Crippen LogP contribution is 2.10. The third-order valence-corrected chi connectivity index (χ3v) is 2.33. The average Bonchev–Trinajstić information content (AvgIpc) is 2.19. The van der Waals surface area contributed by atoms with E-state index in [0.29, 0.717) is 0 Å². The van der Waals surface area contributed by atoms with E-state index in [-0.39, 0.29) is 5.56 Å². The molecule has 0 N–H and O–H groups in total. The molecular formula is C9H10BrNO3. The molecule has 76 valence electrons. The smallest absolute Gasteiger partial charge is 0.328 e. The van der Waals surface area contributed by atoms with Crippen molar-refractivity contribution in [2.24, 2.45) is 0 Å².